The summed E-state index contributed by atoms with van der Waals surface area (Å²) in [5.74, 6) is 0. The molecule has 1 saturated heterocycles. The van der Waals surface area contributed by atoms with Crippen LogP contribution in [-0.4, -0.2) is 48.3 Å². The minimum absolute atomic E-state index is 0.246. The van der Waals surface area contributed by atoms with Crippen LogP contribution in [0.15, 0.2) is 24.3 Å². The molecule has 0 aliphatic carbocycles. The van der Waals surface area contributed by atoms with E-state index in [0.29, 0.717) is 18.7 Å². The fourth-order valence-electron chi connectivity index (χ4n) is 2.48. The first-order valence-corrected chi connectivity index (χ1v) is 7.58. The quantitative estimate of drug-likeness (QED) is 0.726. The van der Waals surface area contributed by atoms with Crippen molar-refractivity contribution in [1.29, 1.82) is 5.26 Å². The van der Waals surface area contributed by atoms with E-state index < -0.39 is 6.10 Å². The van der Waals surface area contributed by atoms with Gasteiger partial charge in [0.25, 0.3) is 0 Å². The van der Waals surface area contributed by atoms with Crippen molar-refractivity contribution in [1.82, 2.24) is 15.5 Å². The predicted molar refractivity (Wildman–Crippen MR) is 83.1 cm³/mol. The van der Waals surface area contributed by atoms with Crippen molar-refractivity contribution >= 4 is 6.03 Å². The molecule has 1 heterocycles. The lowest BCUT2D eigenvalue weighted by Crippen LogP contribution is -2.43. The van der Waals surface area contributed by atoms with E-state index in [1.54, 1.807) is 24.3 Å². The van der Waals surface area contributed by atoms with Crippen LogP contribution in [0.2, 0.25) is 0 Å². The summed E-state index contributed by atoms with van der Waals surface area (Å²) >= 11 is 0. The third-order valence-corrected chi connectivity index (χ3v) is 3.70. The number of amides is 2. The smallest absolute Gasteiger partial charge is 0.315 e. The van der Waals surface area contributed by atoms with Crippen LogP contribution in [0.5, 0.6) is 0 Å². The summed E-state index contributed by atoms with van der Waals surface area (Å²) in [7, 11) is 0. The Hall–Kier alpha value is -2.10. The molecular weight excluding hydrogens is 280 g/mol. The van der Waals surface area contributed by atoms with Gasteiger partial charge in [0.1, 0.15) is 0 Å². The van der Waals surface area contributed by atoms with E-state index in [0.717, 1.165) is 18.7 Å². The van der Waals surface area contributed by atoms with E-state index in [-0.39, 0.29) is 12.6 Å². The molecule has 2 amide bonds. The van der Waals surface area contributed by atoms with Gasteiger partial charge in [0.2, 0.25) is 0 Å². The topological polar surface area (TPSA) is 88.4 Å². The van der Waals surface area contributed by atoms with Crippen LogP contribution < -0.4 is 10.6 Å². The molecule has 0 aromatic heterocycles. The Morgan fingerprint density at radius 2 is 1.95 bits per heavy atom. The molecule has 1 atom stereocenters. The van der Waals surface area contributed by atoms with Gasteiger partial charge >= 0.3 is 6.03 Å². The van der Waals surface area contributed by atoms with Crippen LogP contribution >= 0.6 is 0 Å². The molecule has 6 nitrogen and oxygen atoms in total. The molecule has 0 unspecified atom stereocenters. The summed E-state index contributed by atoms with van der Waals surface area (Å²) < 4.78 is 0. The van der Waals surface area contributed by atoms with Gasteiger partial charge in [-0.25, -0.2) is 4.79 Å². The molecular formula is C16H22N4O2. The second kappa shape index (κ2) is 8.37. The summed E-state index contributed by atoms with van der Waals surface area (Å²) in [5, 5.41) is 24.0. The minimum atomic E-state index is -0.543. The van der Waals surface area contributed by atoms with Crippen LogP contribution in [-0.2, 0) is 6.54 Å². The Balaban J connectivity index is 1.63. The third kappa shape index (κ3) is 5.35. The Morgan fingerprint density at radius 3 is 2.59 bits per heavy atom. The number of nitrogens with zero attached hydrogens (tertiary/aromatic N) is 2. The lowest BCUT2D eigenvalue weighted by atomic mass is 10.1. The van der Waals surface area contributed by atoms with E-state index in [9.17, 15) is 9.90 Å². The maximum atomic E-state index is 11.7. The third-order valence-electron chi connectivity index (χ3n) is 3.70. The molecule has 2 rings (SSSR count). The van der Waals surface area contributed by atoms with Gasteiger partial charge in [-0.15, -0.1) is 0 Å². The summed E-state index contributed by atoms with van der Waals surface area (Å²) in [6, 6.07) is 8.80. The van der Waals surface area contributed by atoms with Crippen LogP contribution in [0.1, 0.15) is 24.0 Å². The molecule has 6 heteroatoms. The fourth-order valence-corrected chi connectivity index (χ4v) is 2.48. The number of carbonyl (C=O) groups excluding carboxylic acids is 1. The molecule has 118 valence electrons. The first-order valence-electron chi connectivity index (χ1n) is 7.58. The molecule has 3 N–H and O–H groups in total. The first kappa shape index (κ1) is 16.3. The second-order valence-electron chi connectivity index (χ2n) is 5.53. The number of hydrogen-bond donors (Lipinski definition) is 3. The van der Waals surface area contributed by atoms with Gasteiger partial charge < -0.3 is 20.6 Å². The number of carbonyl (C=O) groups is 1. The highest BCUT2D eigenvalue weighted by atomic mass is 16.3. The lowest BCUT2D eigenvalue weighted by Gasteiger charge is -2.19. The Kier molecular flexibility index (Phi) is 6.19. The standard InChI is InChI=1S/C16H22N4O2/c17-9-13-3-5-14(6-4-13)10-18-16(22)19-11-15(21)12-20-7-1-2-8-20/h3-6,15,21H,1-2,7-8,10-12H2,(H2,18,19,22)/t15-/m0/s1. The number of benzene rings is 1. The maximum absolute atomic E-state index is 11.7. The average Bonchev–Trinajstić information content (AvgIpc) is 3.04. The molecule has 1 aliphatic rings. The van der Waals surface area contributed by atoms with Gasteiger partial charge in [-0.1, -0.05) is 12.1 Å². The SMILES string of the molecule is N#Cc1ccc(CNC(=O)NC[C@H](O)CN2CCCC2)cc1. The van der Waals surface area contributed by atoms with Crippen LogP contribution in [0, 0.1) is 11.3 Å². The number of aliphatic hydroxyl groups is 1. The van der Waals surface area contributed by atoms with Gasteiger partial charge in [0.15, 0.2) is 0 Å². The normalized spacial score (nSPS) is 16.0. The number of urea groups is 1. The predicted octanol–water partition coefficient (Wildman–Crippen LogP) is 0.814. The van der Waals surface area contributed by atoms with E-state index in [2.05, 4.69) is 15.5 Å². The van der Waals surface area contributed by atoms with Crippen LogP contribution in [0.25, 0.3) is 0 Å². The number of rotatable bonds is 6. The average molecular weight is 302 g/mol. The van der Waals surface area contributed by atoms with Crippen molar-refractivity contribution in [2.45, 2.75) is 25.5 Å². The molecule has 22 heavy (non-hydrogen) atoms. The number of hydrogen-bond acceptors (Lipinski definition) is 4. The number of aliphatic hydroxyl groups excluding tert-OH is 1. The molecule has 0 radical (unpaired) electrons. The van der Waals surface area contributed by atoms with Crippen molar-refractivity contribution in [3.8, 4) is 6.07 Å². The largest absolute Gasteiger partial charge is 0.390 e. The van der Waals surface area contributed by atoms with Crippen molar-refractivity contribution in [2.75, 3.05) is 26.2 Å². The van der Waals surface area contributed by atoms with Crippen molar-refractivity contribution in [3.63, 3.8) is 0 Å². The zero-order valence-electron chi connectivity index (χ0n) is 12.6. The minimum Gasteiger partial charge on any atom is -0.390 e. The molecule has 1 aromatic carbocycles. The Bertz CT molecular complexity index is 518. The molecule has 0 bridgehead atoms. The lowest BCUT2D eigenvalue weighted by molar-refractivity contribution is 0.124. The van der Waals surface area contributed by atoms with E-state index in [1.807, 2.05) is 6.07 Å². The highest BCUT2D eigenvalue weighted by Crippen LogP contribution is 2.07. The van der Waals surface area contributed by atoms with Gasteiger partial charge in [-0.05, 0) is 43.6 Å². The summed E-state index contributed by atoms with van der Waals surface area (Å²) in [6.45, 7) is 3.30. The Labute approximate surface area is 130 Å². The molecule has 1 fully saturated rings. The first-order chi connectivity index (χ1) is 10.7. The summed E-state index contributed by atoms with van der Waals surface area (Å²) in [6.07, 6.45) is 1.83. The monoisotopic (exact) mass is 302 g/mol. The zero-order valence-corrected chi connectivity index (χ0v) is 12.6. The van der Waals surface area contributed by atoms with Gasteiger partial charge in [0, 0.05) is 19.6 Å². The summed E-state index contributed by atoms with van der Waals surface area (Å²) in [5.41, 5.74) is 1.52. The Morgan fingerprint density at radius 1 is 1.27 bits per heavy atom. The van der Waals surface area contributed by atoms with E-state index in [1.165, 1.54) is 12.8 Å². The molecule has 1 aliphatic heterocycles. The number of nitrogens with one attached hydrogen (secondary N) is 2. The van der Waals surface area contributed by atoms with Crippen LogP contribution in [0.3, 0.4) is 0 Å². The zero-order chi connectivity index (χ0) is 15.8. The number of likely N-dealkylation sites (tertiary alicyclic amines) is 1. The number of β-amino-alcohol motifs (C(OH)–C–C–N with tert-alkyl or cyclic N) is 1. The van der Waals surface area contributed by atoms with Crippen molar-refractivity contribution in [3.05, 3.63) is 35.4 Å². The van der Waals surface area contributed by atoms with E-state index in [4.69, 9.17) is 5.26 Å². The van der Waals surface area contributed by atoms with Gasteiger partial charge in [0.05, 0.1) is 17.7 Å². The van der Waals surface area contributed by atoms with Gasteiger partial charge in [-0.3, -0.25) is 0 Å². The maximum Gasteiger partial charge on any atom is 0.315 e. The summed E-state index contributed by atoms with van der Waals surface area (Å²) in [4.78, 5) is 13.9. The van der Waals surface area contributed by atoms with E-state index >= 15 is 0 Å². The molecule has 0 saturated carbocycles. The van der Waals surface area contributed by atoms with Crippen LogP contribution in [0.4, 0.5) is 4.79 Å². The van der Waals surface area contributed by atoms with Crippen molar-refractivity contribution < 1.29 is 9.90 Å². The molecule has 0 spiro atoms. The molecule has 1 aromatic rings. The van der Waals surface area contributed by atoms with Gasteiger partial charge in [-0.2, -0.15) is 5.26 Å². The van der Waals surface area contributed by atoms with Crippen molar-refractivity contribution in [2.24, 2.45) is 0 Å². The fraction of sp³-hybridized carbons (Fsp3) is 0.500. The second-order valence-corrected chi connectivity index (χ2v) is 5.53. The highest BCUT2D eigenvalue weighted by Gasteiger charge is 2.16. The number of nitriles is 1. The highest BCUT2D eigenvalue weighted by molar-refractivity contribution is 5.73.